The molecule has 1 saturated heterocycles. The van der Waals surface area contributed by atoms with Crippen molar-refractivity contribution >= 4 is 11.8 Å². The molecule has 5 nitrogen and oxygen atoms in total. The lowest BCUT2D eigenvalue weighted by atomic mass is 9.77. The summed E-state index contributed by atoms with van der Waals surface area (Å²) in [6.07, 6.45) is 2.41. The third-order valence-electron chi connectivity index (χ3n) is 4.42. The number of amides is 2. The molecule has 1 aliphatic carbocycles. The highest BCUT2D eigenvalue weighted by atomic mass is 16.2. The van der Waals surface area contributed by atoms with E-state index in [1.165, 1.54) is 0 Å². The molecule has 2 fully saturated rings. The van der Waals surface area contributed by atoms with Crippen LogP contribution in [0, 0.1) is 11.3 Å². The van der Waals surface area contributed by atoms with Crippen LogP contribution in [0.2, 0.25) is 0 Å². The van der Waals surface area contributed by atoms with Crippen LogP contribution < -0.4 is 11.1 Å². The second kappa shape index (κ2) is 4.88. The molecule has 2 amide bonds. The number of hydrogen-bond acceptors (Lipinski definition) is 3. The Morgan fingerprint density at radius 2 is 2.11 bits per heavy atom. The minimum atomic E-state index is -0.953. The van der Waals surface area contributed by atoms with E-state index < -0.39 is 11.3 Å². The fourth-order valence-corrected chi connectivity index (χ4v) is 3.07. The van der Waals surface area contributed by atoms with Crippen molar-refractivity contribution in [3.63, 3.8) is 0 Å². The van der Waals surface area contributed by atoms with Gasteiger partial charge in [0.1, 0.15) is 5.41 Å². The molecule has 0 spiro atoms. The summed E-state index contributed by atoms with van der Waals surface area (Å²) in [6, 6.07) is 0.135. The monoisotopic (exact) mass is 253 g/mol. The molecular weight excluding hydrogens is 230 g/mol. The Hall–Kier alpha value is -1.10. The van der Waals surface area contributed by atoms with Gasteiger partial charge in [0.15, 0.2) is 0 Å². The van der Waals surface area contributed by atoms with Crippen molar-refractivity contribution in [2.24, 2.45) is 17.1 Å². The maximum absolute atomic E-state index is 12.8. The summed E-state index contributed by atoms with van der Waals surface area (Å²) < 4.78 is 0. The van der Waals surface area contributed by atoms with Crippen LogP contribution in [0.4, 0.5) is 0 Å². The summed E-state index contributed by atoms with van der Waals surface area (Å²) in [5.74, 6) is -0.327. The first kappa shape index (κ1) is 13.3. The molecule has 2 atom stereocenters. The highest BCUT2D eigenvalue weighted by Crippen LogP contribution is 2.49. The van der Waals surface area contributed by atoms with Crippen LogP contribution in [0.5, 0.6) is 0 Å². The SMILES string of the molecule is CCC(C(N)=O)(C(=O)N1CCNCC1C)C1CC1. The van der Waals surface area contributed by atoms with Crippen LogP contribution in [0.3, 0.4) is 0 Å². The Balaban J connectivity index is 2.24. The number of piperazine rings is 1. The molecule has 18 heavy (non-hydrogen) atoms. The second-order valence-corrected chi connectivity index (χ2v) is 5.52. The number of nitrogens with two attached hydrogens (primary N) is 1. The van der Waals surface area contributed by atoms with Crippen molar-refractivity contribution in [2.75, 3.05) is 19.6 Å². The van der Waals surface area contributed by atoms with E-state index in [0.717, 1.165) is 25.9 Å². The number of nitrogens with zero attached hydrogens (tertiary/aromatic N) is 1. The van der Waals surface area contributed by atoms with Gasteiger partial charge >= 0.3 is 0 Å². The zero-order chi connectivity index (χ0) is 13.3. The van der Waals surface area contributed by atoms with Gasteiger partial charge in [-0.25, -0.2) is 0 Å². The molecule has 0 aromatic carbocycles. The van der Waals surface area contributed by atoms with Gasteiger partial charge in [0.05, 0.1) is 0 Å². The van der Waals surface area contributed by atoms with E-state index in [0.29, 0.717) is 13.0 Å². The lowest BCUT2D eigenvalue weighted by molar-refractivity contribution is -0.153. The van der Waals surface area contributed by atoms with Gasteiger partial charge in [-0.2, -0.15) is 0 Å². The Bertz CT molecular complexity index is 354. The quantitative estimate of drug-likeness (QED) is 0.698. The molecule has 2 unspecified atom stereocenters. The molecule has 3 N–H and O–H groups in total. The van der Waals surface area contributed by atoms with Crippen molar-refractivity contribution in [2.45, 2.75) is 39.2 Å². The van der Waals surface area contributed by atoms with E-state index in [4.69, 9.17) is 5.73 Å². The molecule has 0 aromatic rings. The molecule has 5 heteroatoms. The smallest absolute Gasteiger partial charge is 0.238 e. The van der Waals surface area contributed by atoms with Gasteiger partial charge in [-0.3, -0.25) is 9.59 Å². The first-order valence-corrected chi connectivity index (χ1v) is 6.85. The van der Waals surface area contributed by atoms with E-state index in [1.54, 1.807) is 0 Å². The molecule has 0 aromatic heterocycles. The Labute approximate surface area is 108 Å². The lowest BCUT2D eigenvalue weighted by Gasteiger charge is -2.40. The molecule has 1 aliphatic heterocycles. The third-order valence-corrected chi connectivity index (χ3v) is 4.42. The molecule has 1 heterocycles. The minimum absolute atomic E-state index is 0.0472. The average Bonchev–Trinajstić information content (AvgIpc) is 3.15. The normalized spacial score (nSPS) is 27.7. The largest absolute Gasteiger partial charge is 0.369 e. The summed E-state index contributed by atoms with van der Waals surface area (Å²) in [7, 11) is 0. The fourth-order valence-electron chi connectivity index (χ4n) is 3.07. The number of carbonyl (C=O) groups excluding carboxylic acids is 2. The number of primary amides is 1. The number of rotatable bonds is 4. The van der Waals surface area contributed by atoms with Crippen molar-refractivity contribution in [3.05, 3.63) is 0 Å². The first-order chi connectivity index (χ1) is 8.54. The topological polar surface area (TPSA) is 75.4 Å². The molecule has 2 rings (SSSR count). The molecule has 2 aliphatic rings. The Morgan fingerprint density at radius 1 is 1.44 bits per heavy atom. The molecule has 102 valence electrons. The molecular formula is C13H23N3O2. The number of hydrogen-bond donors (Lipinski definition) is 2. The molecule has 0 bridgehead atoms. The summed E-state index contributed by atoms with van der Waals surface area (Å²) in [5.41, 5.74) is 4.62. The zero-order valence-electron chi connectivity index (χ0n) is 11.2. The van der Waals surface area contributed by atoms with Gasteiger partial charge in [-0.1, -0.05) is 6.92 Å². The van der Waals surface area contributed by atoms with E-state index in [-0.39, 0.29) is 17.9 Å². The van der Waals surface area contributed by atoms with Gasteiger partial charge in [0.2, 0.25) is 11.8 Å². The summed E-state index contributed by atoms with van der Waals surface area (Å²) in [6.45, 7) is 6.15. The summed E-state index contributed by atoms with van der Waals surface area (Å²) >= 11 is 0. The number of nitrogens with one attached hydrogen (secondary N) is 1. The highest BCUT2D eigenvalue weighted by Gasteiger charge is 2.56. The van der Waals surface area contributed by atoms with Crippen LogP contribution in [0.25, 0.3) is 0 Å². The van der Waals surface area contributed by atoms with Crippen molar-refractivity contribution in [1.82, 2.24) is 10.2 Å². The van der Waals surface area contributed by atoms with Crippen LogP contribution in [-0.4, -0.2) is 42.4 Å². The highest BCUT2D eigenvalue weighted by molar-refractivity contribution is 6.05. The van der Waals surface area contributed by atoms with Gasteiger partial charge in [-0.15, -0.1) is 0 Å². The van der Waals surface area contributed by atoms with Crippen LogP contribution in [0.1, 0.15) is 33.1 Å². The van der Waals surface area contributed by atoms with Crippen LogP contribution >= 0.6 is 0 Å². The van der Waals surface area contributed by atoms with E-state index >= 15 is 0 Å². The summed E-state index contributed by atoms with van der Waals surface area (Å²) in [4.78, 5) is 26.5. The fraction of sp³-hybridized carbons (Fsp3) is 0.846. The zero-order valence-corrected chi connectivity index (χ0v) is 11.2. The molecule has 0 radical (unpaired) electrons. The van der Waals surface area contributed by atoms with Gasteiger partial charge in [0, 0.05) is 25.7 Å². The first-order valence-electron chi connectivity index (χ1n) is 6.85. The number of carbonyl (C=O) groups is 2. The van der Waals surface area contributed by atoms with E-state index in [9.17, 15) is 9.59 Å². The van der Waals surface area contributed by atoms with E-state index in [1.807, 2.05) is 18.7 Å². The lowest BCUT2D eigenvalue weighted by Crippen LogP contribution is -2.59. The second-order valence-electron chi connectivity index (χ2n) is 5.52. The Morgan fingerprint density at radius 3 is 2.56 bits per heavy atom. The molecule has 1 saturated carbocycles. The van der Waals surface area contributed by atoms with Crippen molar-refractivity contribution < 1.29 is 9.59 Å². The standard InChI is InChI=1S/C13H23N3O2/c1-3-13(11(14)17,10-4-5-10)12(18)16-7-6-15-8-9(16)2/h9-10,15H,3-8H2,1-2H3,(H2,14,17). The van der Waals surface area contributed by atoms with E-state index in [2.05, 4.69) is 5.32 Å². The maximum Gasteiger partial charge on any atom is 0.238 e. The van der Waals surface area contributed by atoms with Crippen molar-refractivity contribution in [3.8, 4) is 0 Å². The van der Waals surface area contributed by atoms with Crippen LogP contribution in [-0.2, 0) is 9.59 Å². The van der Waals surface area contributed by atoms with Crippen LogP contribution in [0.15, 0.2) is 0 Å². The van der Waals surface area contributed by atoms with Gasteiger partial charge in [0.25, 0.3) is 0 Å². The Kier molecular flexibility index (Phi) is 3.61. The maximum atomic E-state index is 12.8. The van der Waals surface area contributed by atoms with Gasteiger partial charge in [-0.05, 0) is 32.1 Å². The van der Waals surface area contributed by atoms with Gasteiger partial charge < -0.3 is 16.0 Å². The summed E-state index contributed by atoms with van der Waals surface area (Å²) in [5, 5.41) is 3.25. The average molecular weight is 253 g/mol. The predicted molar refractivity (Wildman–Crippen MR) is 68.7 cm³/mol. The van der Waals surface area contributed by atoms with Crippen molar-refractivity contribution in [1.29, 1.82) is 0 Å². The predicted octanol–water partition coefficient (Wildman–Crippen LogP) is 0.0984. The third kappa shape index (κ3) is 2.00. The minimum Gasteiger partial charge on any atom is -0.369 e.